The maximum absolute atomic E-state index is 11.6. The molecular formula is C12H12N2O. The van der Waals surface area contributed by atoms with Gasteiger partial charge in [0.15, 0.2) is 0 Å². The minimum atomic E-state index is -0.0220. The van der Waals surface area contributed by atoms with Gasteiger partial charge >= 0.3 is 0 Å². The second kappa shape index (κ2) is 3.69. The smallest absolute Gasteiger partial charge is 0.255 e. The van der Waals surface area contributed by atoms with E-state index in [1.807, 2.05) is 26.0 Å². The maximum Gasteiger partial charge on any atom is 0.255 e. The van der Waals surface area contributed by atoms with Gasteiger partial charge < -0.3 is 0 Å². The molecule has 0 fully saturated rings. The number of aryl methyl sites for hydroxylation is 1. The van der Waals surface area contributed by atoms with Crippen LogP contribution < -0.4 is 5.56 Å². The van der Waals surface area contributed by atoms with Gasteiger partial charge in [-0.2, -0.15) is 0 Å². The van der Waals surface area contributed by atoms with Crippen molar-refractivity contribution in [2.24, 2.45) is 0 Å². The standard InChI is InChI=1S/C12H12N2O/c1-9-10(2)13-7-6-11(9)14-8-4-3-5-12(14)15/h3-8H,1-2H3. The van der Waals surface area contributed by atoms with Gasteiger partial charge in [0.05, 0.1) is 5.69 Å². The molecule has 76 valence electrons. The van der Waals surface area contributed by atoms with Gasteiger partial charge in [0.2, 0.25) is 0 Å². The van der Waals surface area contributed by atoms with Crippen LogP contribution in [0.15, 0.2) is 41.5 Å². The molecule has 3 nitrogen and oxygen atoms in total. The molecule has 0 aliphatic heterocycles. The molecule has 2 aromatic rings. The van der Waals surface area contributed by atoms with E-state index in [2.05, 4.69) is 4.98 Å². The van der Waals surface area contributed by atoms with Gasteiger partial charge in [0.1, 0.15) is 0 Å². The number of pyridine rings is 2. The van der Waals surface area contributed by atoms with Crippen molar-refractivity contribution in [1.29, 1.82) is 0 Å². The van der Waals surface area contributed by atoms with Crippen molar-refractivity contribution in [3.63, 3.8) is 0 Å². The van der Waals surface area contributed by atoms with Crippen LogP contribution in [0.1, 0.15) is 11.3 Å². The molecule has 0 aromatic carbocycles. The maximum atomic E-state index is 11.6. The summed E-state index contributed by atoms with van der Waals surface area (Å²) in [6, 6.07) is 6.98. The van der Waals surface area contributed by atoms with Gasteiger partial charge in [-0.1, -0.05) is 6.07 Å². The van der Waals surface area contributed by atoms with Crippen LogP contribution in [0.2, 0.25) is 0 Å². The summed E-state index contributed by atoms with van der Waals surface area (Å²) >= 11 is 0. The topological polar surface area (TPSA) is 34.9 Å². The van der Waals surface area contributed by atoms with E-state index < -0.39 is 0 Å². The number of aromatic nitrogens is 2. The number of nitrogens with zero attached hydrogens (tertiary/aromatic N) is 2. The van der Waals surface area contributed by atoms with Gasteiger partial charge in [-0.3, -0.25) is 14.3 Å². The highest BCUT2D eigenvalue weighted by atomic mass is 16.1. The first-order valence-electron chi connectivity index (χ1n) is 4.80. The van der Waals surface area contributed by atoms with E-state index >= 15 is 0 Å². The molecule has 0 aliphatic carbocycles. The van der Waals surface area contributed by atoms with Crippen LogP contribution >= 0.6 is 0 Å². The van der Waals surface area contributed by atoms with Crippen molar-refractivity contribution < 1.29 is 0 Å². The summed E-state index contributed by atoms with van der Waals surface area (Å²) in [6.07, 6.45) is 3.49. The Balaban J connectivity index is 2.70. The Morgan fingerprint density at radius 2 is 2.00 bits per heavy atom. The Bertz CT molecular complexity index is 543. The van der Waals surface area contributed by atoms with Crippen molar-refractivity contribution in [1.82, 2.24) is 9.55 Å². The van der Waals surface area contributed by atoms with Crippen LogP contribution in [-0.2, 0) is 0 Å². The lowest BCUT2D eigenvalue weighted by molar-refractivity contribution is 0.959. The fourth-order valence-corrected chi connectivity index (χ4v) is 1.51. The lowest BCUT2D eigenvalue weighted by atomic mass is 10.2. The Hall–Kier alpha value is -1.90. The Kier molecular flexibility index (Phi) is 2.37. The zero-order valence-electron chi connectivity index (χ0n) is 8.77. The highest BCUT2D eigenvalue weighted by Gasteiger charge is 2.04. The van der Waals surface area contributed by atoms with Crippen molar-refractivity contribution in [2.75, 3.05) is 0 Å². The number of hydrogen-bond acceptors (Lipinski definition) is 2. The third kappa shape index (κ3) is 1.68. The molecule has 0 bridgehead atoms. The molecule has 0 spiro atoms. The monoisotopic (exact) mass is 200 g/mol. The summed E-state index contributed by atoms with van der Waals surface area (Å²) in [7, 11) is 0. The van der Waals surface area contributed by atoms with Crippen molar-refractivity contribution in [3.8, 4) is 5.69 Å². The third-order valence-electron chi connectivity index (χ3n) is 2.51. The molecule has 0 radical (unpaired) electrons. The van der Waals surface area contributed by atoms with Gasteiger partial charge in [-0.25, -0.2) is 0 Å². The van der Waals surface area contributed by atoms with E-state index in [1.54, 1.807) is 29.1 Å². The second-order valence-corrected chi connectivity index (χ2v) is 3.45. The van der Waals surface area contributed by atoms with Crippen LogP contribution in [0.3, 0.4) is 0 Å². The van der Waals surface area contributed by atoms with Crippen LogP contribution in [0.5, 0.6) is 0 Å². The highest BCUT2D eigenvalue weighted by molar-refractivity contribution is 5.41. The van der Waals surface area contributed by atoms with E-state index in [-0.39, 0.29) is 5.56 Å². The Labute approximate surface area is 88.0 Å². The molecular weight excluding hydrogens is 188 g/mol. The molecule has 2 heterocycles. The quantitative estimate of drug-likeness (QED) is 0.704. The molecule has 2 aromatic heterocycles. The van der Waals surface area contributed by atoms with E-state index in [4.69, 9.17) is 0 Å². The van der Waals surface area contributed by atoms with Crippen LogP contribution in [-0.4, -0.2) is 9.55 Å². The van der Waals surface area contributed by atoms with Gasteiger partial charge in [0.25, 0.3) is 5.56 Å². The zero-order valence-corrected chi connectivity index (χ0v) is 8.77. The molecule has 0 atom stereocenters. The summed E-state index contributed by atoms with van der Waals surface area (Å²) in [6.45, 7) is 3.91. The minimum absolute atomic E-state index is 0.0220. The summed E-state index contributed by atoms with van der Waals surface area (Å²) in [4.78, 5) is 15.8. The number of rotatable bonds is 1. The first-order chi connectivity index (χ1) is 7.20. The van der Waals surface area contributed by atoms with E-state index in [1.165, 1.54) is 0 Å². The molecule has 0 aliphatic rings. The summed E-state index contributed by atoms with van der Waals surface area (Å²) in [5.74, 6) is 0. The molecule has 0 saturated carbocycles. The summed E-state index contributed by atoms with van der Waals surface area (Å²) < 4.78 is 1.63. The Morgan fingerprint density at radius 3 is 2.73 bits per heavy atom. The first-order valence-corrected chi connectivity index (χ1v) is 4.80. The predicted molar refractivity (Wildman–Crippen MR) is 59.3 cm³/mol. The lowest BCUT2D eigenvalue weighted by Gasteiger charge is -2.09. The molecule has 0 N–H and O–H groups in total. The minimum Gasteiger partial charge on any atom is -0.284 e. The number of hydrogen-bond donors (Lipinski definition) is 0. The Morgan fingerprint density at radius 1 is 1.20 bits per heavy atom. The normalized spacial score (nSPS) is 10.3. The van der Waals surface area contributed by atoms with Gasteiger partial charge in [-0.15, -0.1) is 0 Å². The van der Waals surface area contributed by atoms with Gasteiger partial charge in [-0.05, 0) is 31.5 Å². The largest absolute Gasteiger partial charge is 0.284 e. The second-order valence-electron chi connectivity index (χ2n) is 3.45. The fraction of sp³-hybridized carbons (Fsp3) is 0.167. The van der Waals surface area contributed by atoms with Crippen LogP contribution in [0.4, 0.5) is 0 Å². The predicted octanol–water partition coefficient (Wildman–Crippen LogP) is 1.85. The average Bonchev–Trinajstić information content (AvgIpc) is 2.23. The highest BCUT2D eigenvalue weighted by Crippen LogP contribution is 2.13. The first kappa shape index (κ1) is 9.65. The van der Waals surface area contributed by atoms with Crippen molar-refractivity contribution in [3.05, 3.63) is 58.3 Å². The summed E-state index contributed by atoms with van der Waals surface area (Å²) in [5, 5.41) is 0. The molecule has 15 heavy (non-hydrogen) atoms. The summed E-state index contributed by atoms with van der Waals surface area (Å²) in [5.41, 5.74) is 2.85. The van der Waals surface area contributed by atoms with E-state index in [0.717, 1.165) is 16.9 Å². The molecule has 0 saturated heterocycles. The van der Waals surface area contributed by atoms with E-state index in [9.17, 15) is 4.79 Å². The van der Waals surface area contributed by atoms with Gasteiger partial charge in [0, 0.05) is 24.2 Å². The molecule has 0 amide bonds. The average molecular weight is 200 g/mol. The lowest BCUT2D eigenvalue weighted by Crippen LogP contribution is -2.17. The van der Waals surface area contributed by atoms with E-state index in [0.29, 0.717) is 0 Å². The van der Waals surface area contributed by atoms with Crippen LogP contribution in [0.25, 0.3) is 5.69 Å². The fourth-order valence-electron chi connectivity index (χ4n) is 1.51. The molecule has 2 rings (SSSR count). The van der Waals surface area contributed by atoms with Crippen LogP contribution in [0, 0.1) is 13.8 Å². The molecule has 0 unspecified atom stereocenters. The molecule has 3 heteroatoms. The SMILES string of the molecule is Cc1nccc(-n2ccccc2=O)c1C. The third-order valence-corrected chi connectivity index (χ3v) is 2.51. The van der Waals surface area contributed by atoms with Crippen molar-refractivity contribution >= 4 is 0 Å². The van der Waals surface area contributed by atoms with Crippen molar-refractivity contribution in [2.45, 2.75) is 13.8 Å². The zero-order chi connectivity index (χ0) is 10.8.